The van der Waals surface area contributed by atoms with Gasteiger partial charge in [-0.2, -0.15) is 0 Å². The van der Waals surface area contributed by atoms with Crippen molar-refractivity contribution in [1.82, 2.24) is 14.5 Å². The zero-order chi connectivity index (χ0) is 18.6. The first-order valence-electron chi connectivity index (χ1n) is 9.54. The number of imidazole rings is 1. The Morgan fingerprint density at radius 3 is 2.89 bits per heavy atom. The van der Waals surface area contributed by atoms with Gasteiger partial charge in [-0.1, -0.05) is 36.7 Å². The van der Waals surface area contributed by atoms with E-state index >= 15 is 0 Å². The van der Waals surface area contributed by atoms with Crippen LogP contribution in [0, 0.1) is 11.7 Å². The van der Waals surface area contributed by atoms with Crippen molar-refractivity contribution in [3.8, 4) is 0 Å². The second-order valence-electron chi connectivity index (χ2n) is 7.06. The van der Waals surface area contributed by atoms with E-state index in [1.54, 1.807) is 23.5 Å². The van der Waals surface area contributed by atoms with Crippen LogP contribution in [0.4, 0.5) is 9.52 Å². The number of halogens is 1. The number of aromatic nitrogens is 3. The lowest BCUT2D eigenvalue weighted by molar-refractivity contribution is -0.123. The maximum Gasteiger partial charge on any atom is 0.231 e. The highest BCUT2D eigenvalue weighted by atomic mass is 32.1. The van der Waals surface area contributed by atoms with E-state index in [9.17, 15) is 9.18 Å². The van der Waals surface area contributed by atoms with E-state index in [0.717, 1.165) is 43.3 Å². The number of carbonyl (C=O) groups is 1. The molecule has 0 radical (unpaired) electrons. The Kier molecular flexibility index (Phi) is 5.48. The van der Waals surface area contributed by atoms with E-state index in [-0.39, 0.29) is 17.6 Å². The minimum absolute atomic E-state index is 0.0591. The predicted octanol–water partition coefficient (Wildman–Crippen LogP) is 4.64. The third kappa shape index (κ3) is 4.03. The zero-order valence-electron chi connectivity index (χ0n) is 15.2. The monoisotopic (exact) mass is 386 g/mol. The van der Waals surface area contributed by atoms with Gasteiger partial charge in [-0.05, 0) is 31.4 Å². The summed E-state index contributed by atoms with van der Waals surface area (Å²) >= 11 is 1.39. The first-order valence-corrected chi connectivity index (χ1v) is 10.4. The van der Waals surface area contributed by atoms with Crippen LogP contribution in [0.25, 0.3) is 10.2 Å². The van der Waals surface area contributed by atoms with E-state index in [1.165, 1.54) is 23.8 Å². The second-order valence-corrected chi connectivity index (χ2v) is 8.07. The highest BCUT2D eigenvalue weighted by molar-refractivity contribution is 7.22. The fourth-order valence-electron chi connectivity index (χ4n) is 3.72. The fourth-order valence-corrected chi connectivity index (χ4v) is 4.73. The quantitative estimate of drug-likeness (QED) is 0.620. The number of benzene rings is 1. The van der Waals surface area contributed by atoms with Crippen molar-refractivity contribution >= 4 is 32.6 Å². The third-order valence-corrected chi connectivity index (χ3v) is 6.21. The van der Waals surface area contributed by atoms with Gasteiger partial charge in [0.1, 0.15) is 11.3 Å². The van der Waals surface area contributed by atoms with Crippen molar-refractivity contribution in [2.24, 2.45) is 5.92 Å². The Hall–Kier alpha value is -2.28. The van der Waals surface area contributed by atoms with Gasteiger partial charge in [0.15, 0.2) is 5.13 Å². The molecule has 2 aromatic heterocycles. The maximum absolute atomic E-state index is 14.1. The van der Waals surface area contributed by atoms with Gasteiger partial charge in [0.05, 0.1) is 11.0 Å². The molecule has 7 heteroatoms. The Bertz CT molecular complexity index is 902. The molecule has 142 valence electrons. The molecule has 1 saturated carbocycles. The molecular weight excluding hydrogens is 363 g/mol. The number of rotatable bonds is 6. The summed E-state index contributed by atoms with van der Waals surface area (Å²) in [7, 11) is 0. The number of carbonyl (C=O) groups excluding carboxylic acids is 1. The molecule has 1 amide bonds. The summed E-state index contributed by atoms with van der Waals surface area (Å²) in [4.78, 5) is 23.6. The van der Waals surface area contributed by atoms with Crippen molar-refractivity contribution in [1.29, 1.82) is 0 Å². The zero-order valence-corrected chi connectivity index (χ0v) is 16.0. The van der Waals surface area contributed by atoms with E-state index < -0.39 is 0 Å². The Morgan fingerprint density at radius 2 is 2.15 bits per heavy atom. The minimum atomic E-state index is -0.335. The number of anilines is 1. The van der Waals surface area contributed by atoms with Gasteiger partial charge in [0.2, 0.25) is 5.91 Å². The molecule has 0 aliphatic heterocycles. The van der Waals surface area contributed by atoms with Crippen molar-refractivity contribution < 1.29 is 9.18 Å². The highest BCUT2D eigenvalue weighted by Crippen LogP contribution is 2.33. The molecule has 4 rings (SSSR count). The molecule has 1 fully saturated rings. The Morgan fingerprint density at radius 1 is 1.30 bits per heavy atom. The van der Waals surface area contributed by atoms with Gasteiger partial charge in [-0.3, -0.25) is 9.69 Å². The molecule has 5 nitrogen and oxygen atoms in total. The smallest absolute Gasteiger partial charge is 0.231 e. The summed E-state index contributed by atoms with van der Waals surface area (Å²) in [6, 6.07) is 4.96. The lowest BCUT2D eigenvalue weighted by Gasteiger charge is -2.27. The lowest BCUT2D eigenvalue weighted by atomic mass is 9.88. The summed E-state index contributed by atoms with van der Waals surface area (Å²) in [5.74, 6) is -0.137. The van der Waals surface area contributed by atoms with Crippen molar-refractivity contribution in [3.63, 3.8) is 0 Å². The summed E-state index contributed by atoms with van der Waals surface area (Å²) in [6.07, 6.45) is 11.5. The van der Waals surface area contributed by atoms with Gasteiger partial charge >= 0.3 is 0 Å². The van der Waals surface area contributed by atoms with Crippen LogP contribution < -0.4 is 4.90 Å². The normalized spacial score (nSPS) is 15.3. The van der Waals surface area contributed by atoms with Gasteiger partial charge < -0.3 is 4.57 Å². The molecular formula is C20H23FN4OS. The number of aryl methyl sites for hydroxylation is 1. The summed E-state index contributed by atoms with van der Waals surface area (Å²) in [6.45, 7) is 1.36. The summed E-state index contributed by atoms with van der Waals surface area (Å²) in [5, 5.41) is 0.608. The standard InChI is InChI=1S/C20H23FN4OS/c21-16-8-4-9-17-18(16)23-20(27-17)25(12-5-11-24-13-10-22-14-24)19(26)15-6-2-1-3-7-15/h4,8-10,13-15H,1-3,5-7,11-12H2. The predicted molar refractivity (Wildman–Crippen MR) is 105 cm³/mol. The molecule has 0 N–H and O–H groups in total. The first kappa shape index (κ1) is 18.1. The largest absolute Gasteiger partial charge is 0.337 e. The Labute approximate surface area is 161 Å². The molecule has 3 aromatic rings. The first-order chi connectivity index (χ1) is 13.2. The van der Waals surface area contributed by atoms with Gasteiger partial charge in [-0.15, -0.1) is 0 Å². The van der Waals surface area contributed by atoms with Crippen LogP contribution in [-0.2, 0) is 11.3 Å². The van der Waals surface area contributed by atoms with Crippen LogP contribution in [0.2, 0.25) is 0 Å². The molecule has 0 bridgehead atoms. The molecule has 1 aliphatic rings. The van der Waals surface area contributed by atoms with Gasteiger partial charge in [-0.25, -0.2) is 14.4 Å². The summed E-state index contributed by atoms with van der Waals surface area (Å²) in [5.41, 5.74) is 0.355. The molecule has 27 heavy (non-hydrogen) atoms. The topological polar surface area (TPSA) is 51.0 Å². The summed E-state index contributed by atoms with van der Waals surface area (Å²) < 4.78 is 16.9. The van der Waals surface area contributed by atoms with Gasteiger partial charge in [0.25, 0.3) is 0 Å². The van der Waals surface area contributed by atoms with E-state index in [0.29, 0.717) is 17.2 Å². The van der Waals surface area contributed by atoms with Crippen LogP contribution in [0.1, 0.15) is 38.5 Å². The van der Waals surface area contributed by atoms with Crippen LogP contribution >= 0.6 is 11.3 Å². The van der Waals surface area contributed by atoms with Crippen molar-refractivity contribution in [2.75, 3.05) is 11.4 Å². The Balaban J connectivity index is 1.57. The van der Waals surface area contributed by atoms with E-state index in [4.69, 9.17) is 0 Å². The minimum Gasteiger partial charge on any atom is -0.337 e. The van der Waals surface area contributed by atoms with Crippen LogP contribution in [0.15, 0.2) is 36.9 Å². The molecule has 1 aliphatic carbocycles. The van der Waals surface area contributed by atoms with Crippen molar-refractivity contribution in [2.45, 2.75) is 45.1 Å². The third-order valence-electron chi connectivity index (χ3n) is 5.17. The van der Waals surface area contributed by atoms with E-state index in [1.807, 2.05) is 16.8 Å². The number of fused-ring (bicyclic) bond motifs is 1. The van der Waals surface area contributed by atoms with E-state index in [2.05, 4.69) is 9.97 Å². The number of thiazole rings is 1. The van der Waals surface area contributed by atoms with Crippen LogP contribution in [0.5, 0.6) is 0 Å². The highest BCUT2D eigenvalue weighted by Gasteiger charge is 2.28. The molecule has 0 spiro atoms. The number of para-hydroxylation sites is 1. The van der Waals surface area contributed by atoms with Crippen LogP contribution in [0.3, 0.4) is 0 Å². The van der Waals surface area contributed by atoms with Crippen molar-refractivity contribution in [3.05, 3.63) is 42.7 Å². The number of hydrogen-bond acceptors (Lipinski definition) is 4. The maximum atomic E-state index is 14.1. The SMILES string of the molecule is O=C(C1CCCCC1)N(CCCn1ccnc1)c1nc2c(F)cccc2s1. The molecule has 0 saturated heterocycles. The second kappa shape index (κ2) is 8.17. The average molecular weight is 386 g/mol. The van der Waals surface area contributed by atoms with Gasteiger partial charge in [0, 0.05) is 31.4 Å². The molecule has 2 heterocycles. The fraction of sp³-hybridized carbons (Fsp3) is 0.450. The molecule has 0 unspecified atom stereocenters. The average Bonchev–Trinajstić information content (AvgIpc) is 3.36. The lowest BCUT2D eigenvalue weighted by Crippen LogP contribution is -2.38. The van der Waals surface area contributed by atoms with Crippen LogP contribution in [-0.4, -0.2) is 27.0 Å². The number of amides is 1. The molecule has 1 aromatic carbocycles. The number of nitrogens with zero attached hydrogens (tertiary/aromatic N) is 4. The number of hydrogen-bond donors (Lipinski definition) is 0. The molecule has 0 atom stereocenters.